The Balaban J connectivity index is 1.70. The van der Waals surface area contributed by atoms with Crippen LogP contribution in [0.5, 0.6) is 11.5 Å². The molecule has 0 aliphatic heterocycles. The van der Waals surface area contributed by atoms with Crippen LogP contribution in [-0.4, -0.2) is 50.7 Å². The largest absolute Gasteiger partial charge is 0.493 e. The second kappa shape index (κ2) is 10.7. The lowest BCUT2D eigenvalue weighted by atomic mass is 9.72. The van der Waals surface area contributed by atoms with Crippen LogP contribution in [-0.2, 0) is 12.1 Å². The maximum atomic E-state index is 13.1. The molecule has 6 nitrogen and oxygen atoms in total. The molecule has 0 aromatic heterocycles. The van der Waals surface area contributed by atoms with Crippen molar-refractivity contribution >= 4 is 6.03 Å². The lowest BCUT2D eigenvalue weighted by Crippen LogP contribution is -2.46. The number of methoxy groups -OCH3 is 2. The van der Waals surface area contributed by atoms with Crippen LogP contribution in [0, 0.1) is 5.92 Å². The number of amides is 2. The van der Waals surface area contributed by atoms with Crippen LogP contribution in [0.3, 0.4) is 0 Å². The summed E-state index contributed by atoms with van der Waals surface area (Å²) < 4.78 is 23.8. The maximum Gasteiger partial charge on any atom is 0.345 e. The van der Waals surface area contributed by atoms with Crippen molar-refractivity contribution in [1.82, 2.24) is 15.3 Å². The van der Waals surface area contributed by atoms with E-state index in [0.29, 0.717) is 30.5 Å². The number of benzene rings is 2. The molecule has 2 amide bonds. The minimum Gasteiger partial charge on any atom is -0.493 e. The second-order valence-electron chi connectivity index (χ2n) is 8.70. The molecule has 0 bridgehead atoms. The van der Waals surface area contributed by atoms with Gasteiger partial charge in [-0.05, 0) is 69.0 Å². The first kappa shape index (κ1) is 23.9. The van der Waals surface area contributed by atoms with E-state index >= 15 is 0 Å². The van der Waals surface area contributed by atoms with Gasteiger partial charge in [-0.15, -0.1) is 0 Å². The second-order valence-corrected chi connectivity index (χ2v) is 8.70. The lowest BCUT2D eigenvalue weighted by molar-refractivity contribution is 0.0669. The summed E-state index contributed by atoms with van der Waals surface area (Å²) in [4.78, 5) is 16.2. The molecule has 0 saturated heterocycles. The molecule has 174 valence electrons. The van der Waals surface area contributed by atoms with Crippen LogP contribution in [0.25, 0.3) is 0 Å². The van der Waals surface area contributed by atoms with E-state index in [2.05, 4.69) is 43.3 Å². The fourth-order valence-corrected chi connectivity index (χ4v) is 4.87. The molecule has 0 unspecified atom stereocenters. The van der Waals surface area contributed by atoms with Crippen LogP contribution in [0.1, 0.15) is 36.8 Å². The molecule has 7 heteroatoms. The molecule has 2 aromatic carbocycles. The van der Waals surface area contributed by atoms with E-state index in [-0.39, 0.29) is 5.54 Å². The van der Waals surface area contributed by atoms with Crippen LogP contribution in [0.2, 0.25) is 0 Å². The Bertz CT molecular complexity index is 883. The van der Waals surface area contributed by atoms with Gasteiger partial charge in [0.05, 0.1) is 14.2 Å². The first-order chi connectivity index (χ1) is 15.4. The average molecular weight is 444 g/mol. The number of carbonyl (C=O) groups is 1. The van der Waals surface area contributed by atoms with Crippen molar-refractivity contribution in [2.75, 3.05) is 34.9 Å². The highest BCUT2D eigenvalue weighted by Gasteiger charge is 2.39. The van der Waals surface area contributed by atoms with Gasteiger partial charge in [0.15, 0.2) is 11.5 Å². The number of carbonyl (C=O) groups excluding carboxylic acids is 1. The quantitative estimate of drug-likeness (QED) is 0.599. The fourth-order valence-electron chi connectivity index (χ4n) is 4.87. The van der Waals surface area contributed by atoms with Gasteiger partial charge in [-0.25, -0.2) is 4.79 Å². The number of nitrogens with zero attached hydrogens (tertiary/aromatic N) is 2. The topological polar surface area (TPSA) is 54.0 Å². The van der Waals surface area contributed by atoms with Crippen molar-refractivity contribution in [2.45, 2.75) is 37.8 Å². The molecule has 0 radical (unpaired) electrons. The van der Waals surface area contributed by atoms with Crippen molar-refractivity contribution in [3.63, 3.8) is 0 Å². The van der Waals surface area contributed by atoms with Gasteiger partial charge in [-0.1, -0.05) is 40.9 Å². The number of urea groups is 1. The van der Waals surface area contributed by atoms with Crippen LogP contribution >= 0.6 is 0 Å². The van der Waals surface area contributed by atoms with Gasteiger partial charge < -0.3 is 14.4 Å². The molecule has 32 heavy (non-hydrogen) atoms. The normalized spacial score (nSPS) is 20.6. The van der Waals surface area contributed by atoms with Crippen molar-refractivity contribution < 1.29 is 18.7 Å². The van der Waals surface area contributed by atoms with Crippen molar-refractivity contribution in [1.29, 1.82) is 0 Å². The first-order valence-electron chi connectivity index (χ1n) is 11.0. The van der Waals surface area contributed by atoms with Gasteiger partial charge in [-0.2, -0.15) is 5.54 Å². The van der Waals surface area contributed by atoms with E-state index in [0.717, 1.165) is 31.2 Å². The summed E-state index contributed by atoms with van der Waals surface area (Å²) in [6.45, 7) is 0.798. The zero-order chi connectivity index (χ0) is 23.1. The van der Waals surface area contributed by atoms with Crippen LogP contribution in [0.4, 0.5) is 9.28 Å². The minimum atomic E-state index is -0.715. The molecule has 0 atom stereocenters. The molecule has 1 N–H and O–H groups in total. The Hall–Kier alpha value is -2.80. The maximum absolute atomic E-state index is 13.1. The summed E-state index contributed by atoms with van der Waals surface area (Å²) in [6.07, 6.45) is 3.93. The Kier molecular flexibility index (Phi) is 7.96. The number of rotatable bonds is 8. The van der Waals surface area contributed by atoms with Gasteiger partial charge in [0.25, 0.3) is 0 Å². The highest BCUT2D eigenvalue weighted by atomic mass is 19.2. The number of hydrogen-bond donors (Lipinski definition) is 1. The summed E-state index contributed by atoms with van der Waals surface area (Å²) in [5.41, 5.74) is 3.49. The molecule has 0 spiro atoms. The summed E-state index contributed by atoms with van der Waals surface area (Å²) in [6, 6.07) is 15.4. The third-order valence-electron chi connectivity index (χ3n) is 6.77. The third kappa shape index (κ3) is 5.15. The minimum absolute atomic E-state index is 0.00567. The number of hydrogen-bond acceptors (Lipinski definition) is 4. The molecule has 1 aliphatic carbocycles. The first-order valence-corrected chi connectivity index (χ1v) is 11.0. The van der Waals surface area contributed by atoms with Crippen molar-refractivity contribution in [3.8, 4) is 11.5 Å². The van der Waals surface area contributed by atoms with E-state index in [4.69, 9.17) is 9.47 Å². The molecule has 1 aliphatic rings. The van der Waals surface area contributed by atoms with Gasteiger partial charge in [0.1, 0.15) is 0 Å². The third-order valence-corrected chi connectivity index (χ3v) is 6.77. The lowest BCUT2D eigenvalue weighted by Gasteiger charge is -2.46. The zero-order valence-electron chi connectivity index (χ0n) is 19.4. The molecular weight excluding hydrogens is 409 g/mol. The Morgan fingerprint density at radius 2 is 1.72 bits per heavy atom. The van der Waals surface area contributed by atoms with Gasteiger partial charge in [0, 0.05) is 18.6 Å². The Labute approximate surface area is 190 Å². The predicted molar refractivity (Wildman–Crippen MR) is 123 cm³/mol. The number of ether oxygens (including phenoxy) is 2. The van der Waals surface area contributed by atoms with Gasteiger partial charge >= 0.3 is 6.03 Å². The molecule has 2 aromatic rings. The van der Waals surface area contributed by atoms with Crippen molar-refractivity contribution in [3.05, 3.63) is 59.7 Å². The standard InChI is InChI=1S/C25H34FN3O3/c1-28(2)25(21-8-6-5-7-9-21)14-12-19(13-15-25)17-29(24(30)27-26)18-20-10-11-22(31-3)23(16-20)32-4/h5-11,16,19H,12-15,17-18H2,1-4H3,(H,27,30). The van der Waals surface area contributed by atoms with Crippen LogP contribution in [0.15, 0.2) is 48.5 Å². The predicted octanol–water partition coefficient (Wildman–Crippen LogP) is 4.75. The van der Waals surface area contributed by atoms with E-state index in [1.807, 2.05) is 18.2 Å². The summed E-state index contributed by atoms with van der Waals surface area (Å²) in [5, 5.41) is 0. The van der Waals surface area contributed by atoms with Gasteiger partial charge in [0.2, 0.25) is 0 Å². The zero-order valence-corrected chi connectivity index (χ0v) is 19.4. The smallest absolute Gasteiger partial charge is 0.345 e. The highest BCUT2D eigenvalue weighted by Crippen LogP contribution is 2.43. The van der Waals surface area contributed by atoms with Crippen molar-refractivity contribution in [2.24, 2.45) is 5.92 Å². The average Bonchev–Trinajstić information content (AvgIpc) is 2.83. The summed E-state index contributed by atoms with van der Waals surface area (Å²) in [7, 11) is 7.41. The van der Waals surface area contributed by atoms with Gasteiger partial charge in [-0.3, -0.25) is 4.90 Å². The Morgan fingerprint density at radius 3 is 2.28 bits per heavy atom. The molecule has 1 fully saturated rings. The van der Waals surface area contributed by atoms with E-state index in [1.54, 1.807) is 20.3 Å². The number of halogens is 1. The monoisotopic (exact) mass is 443 g/mol. The fraction of sp³-hybridized carbons (Fsp3) is 0.480. The molecule has 1 saturated carbocycles. The highest BCUT2D eigenvalue weighted by molar-refractivity contribution is 5.73. The van der Waals surface area contributed by atoms with Crippen LogP contribution < -0.4 is 15.0 Å². The molecule has 3 rings (SSSR count). The number of nitrogens with one attached hydrogen (secondary N) is 1. The summed E-state index contributed by atoms with van der Waals surface area (Å²) in [5.74, 6) is 1.51. The molecule has 0 heterocycles. The Morgan fingerprint density at radius 1 is 1.06 bits per heavy atom. The van der Waals surface area contributed by atoms with E-state index < -0.39 is 6.03 Å². The SMILES string of the molecule is COc1ccc(CN(CC2CCC(c3ccccc3)(N(C)C)CC2)C(=O)NF)cc1OC. The van der Waals surface area contributed by atoms with E-state index in [1.165, 1.54) is 16.0 Å². The summed E-state index contributed by atoms with van der Waals surface area (Å²) >= 11 is 0. The molecular formula is C25H34FN3O3. The van der Waals surface area contributed by atoms with E-state index in [9.17, 15) is 9.28 Å².